The highest BCUT2D eigenvalue weighted by Gasteiger charge is 2.22. The van der Waals surface area contributed by atoms with Crippen LogP contribution in [0, 0.1) is 0 Å². The molecule has 0 aromatic heterocycles. The van der Waals surface area contributed by atoms with Crippen molar-refractivity contribution in [3.63, 3.8) is 0 Å². The van der Waals surface area contributed by atoms with Crippen LogP contribution in [0.2, 0.25) is 5.02 Å². The van der Waals surface area contributed by atoms with Gasteiger partial charge in [0.15, 0.2) is 0 Å². The van der Waals surface area contributed by atoms with Crippen LogP contribution < -0.4 is 4.90 Å². The van der Waals surface area contributed by atoms with E-state index in [4.69, 9.17) is 16.3 Å². The number of esters is 1. The quantitative estimate of drug-likeness (QED) is 0.523. The summed E-state index contributed by atoms with van der Waals surface area (Å²) in [6, 6.07) is 13.1. The highest BCUT2D eigenvalue weighted by atomic mass is 79.9. The van der Waals surface area contributed by atoms with Crippen molar-refractivity contribution in [3.05, 3.63) is 74.7 Å². The minimum Gasteiger partial charge on any atom is -0.422 e. The van der Waals surface area contributed by atoms with Crippen molar-refractivity contribution in [2.24, 2.45) is 0 Å². The highest BCUT2D eigenvalue weighted by molar-refractivity contribution is 9.10. The molecule has 0 amide bonds. The lowest BCUT2D eigenvalue weighted by Gasteiger charge is -2.14. The number of ether oxygens (including phenoxy) is 1. The van der Waals surface area contributed by atoms with Crippen molar-refractivity contribution >= 4 is 51.0 Å². The van der Waals surface area contributed by atoms with Crippen molar-refractivity contribution < 1.29 is 9.53 Å². The average Bonchev–Trinajstić information content (AvgIpc) is 2.88. The lowest BCUT2D eigenvalue weighted by molar-refractivity contribution is -0.130. The maximum atomic E-state index is 12.1. The number of halogens is 2. The van der Waals surface area contributed by atoms with Gasteiger partial charge in [-0.25, -0.2) is 4.79 Å². The Balaban J connectivity index is 1.91. The van der Waals surface area contributed by atoms with E-state index in [-0.39, 0.29) is 5.97 Å². The Morgan fingerprint density at radius 3 is 2.46 bits per heavy atom. The Bertz CT molecular complexity index is 854. The summed E-state index contributed by atoms with van der Waals surface area (Å²) in [5.74, 6) is 0.180. The second-order valence-electron chi connectivity index (χ2n) is 5.61. The summed E-state index contributed by atoms with van der Waals surface area (Å²) in [7, 11) is 3.96. The molecule has 3 rings (SSSR count). The van der Waals surface area contributed by atoms with Gasteiger partial charge in [-0.15, -0.1) is 0 Å². The zero-order chi connectivity index (χ0) is 17.3. The molecular weight excluding hydrogens is 390 g/mol. The SMILES string of the molecule is CN(C)c1ccc(/C=C2\C=C(c3ccc(Cl)cc3)OC2=O)cc1Br. The van der Waals surface area contributed by atoms with E-state index in [9.17, 15) is 4.79 Å². The number of rotatable bonds is 3. The van der Waals surface area contributed by atoms with Gasteiger partial charge < -0.3 is 9.64 Å². The third-order valence-corrected chi connectivity index (χ3v) is 4.52. The van der Waals surface area contributed by atoms with Gasteiger partial charge in [0.05, 0.1) is 11.3 Å². The summed E-state index contributed by atoms with van der Waals surface area (Å²) < 4.78 is 6.32. The molecule has 0 bridgehead atoms. The van der Waals surface area contributed by atoms with Gasteiger partial charge in [-0.2, -0.15) is 0 Å². The summed E-state index contributed by atoms with van der Waals surface area (Å²) in [6.45, 7) is 0. The van der Waals surface area contributed by atoms with E-state index < -0.39 is 0 Å². The maximum Gasteiger partial charge on any atom is 0.343 e. The van der Waals surface area contributed by atoms with Crippen LogP contribution in [0.1, 0.15) is 11.1 Å². The van der Waals surface area contributed by atoms with Crippen molar-refractivity contribution in [3.8, 4) is 0 Å². The molecule has 0 saturated carbocycles. The zero-order valence-corrected chi connectivity index (χ0v) is 15.6. The number of benzene rings is 2. The molecule has 3 nitrogen and oxygen atoms in total. The van der Waals surface area contributed by atoms with Crippen molar-refractivity contribution in [2.45, 2.75) is 0 Å². The van der Waals surface area contributed by atoms with Crippen LogP contribution in [-0.4, -0.2) is 20.1 Å². The average molecular weight is 405 g/mol. The summed E-state index contributed by atoms with van der Waals surface area (Å²) in [5, 5.41) is 0.644. The Hall–Kier alpha value is -2.04. The Morgan fingerprint density at radius 1 is 1.12 bits per heavy atom. The molecule has 1 aliphatic heterocycles. The van der Waals surface area contributed by atoms with Gasteiger partial charge in [-0.3, -0.25) is 0 Å². The molecule has 0 atom stereocenters. The predicted molar refractivity (Wildman–Crippen MR) is 102 cm³/mol. The van der Waals surface area contributed by atoms with E-state index in [1.165, 1.54) is 0 Å². The number of nitrogens with zero attached hydrogens (tertiary/aromatic N) is 1. The molecule has 1 heterocycles. The van der Waals surface area contributed by atoms with Gasteiger partial charge in [0.1, 0.15) is 5.76 Å². The molecule has 0 fully saturated rings. The number of cyclic esters (lactones) is 1. The topological polar surface area (TPSA) is 29.5 Å². The highest BCUT2D eigenvalue weighted by Crippen LogP contribution is 2.30. The van der Waals surface area contributed by atoms with Crippen LogP contribution >= 0.6 is 27.5 Å². The molecule has 0 saturated heterocycles. The second kappa shape index (κ2) is 6.83. The number of hydrogen-bond donors (Lipinski definition) is 0. The third-order valence-electron chi connectivity index (χ3n) is 3.63. The lowest BCUT2D eigenvalue weighted by Crippen LogP contribution is -2.09. The van der Waals surface area contributed by atoms with Gasteiger partial charge in [0.25, 0.3) is 0 Å². The largest absolute Gasteiger partial charge is 0.422 e. The third kappa shape index (κ3) is 3.55. The van der Waals surface area contributed by atoms with E-state index in [0.29, 0.717) is 16.4 Å². The van der Waals surface area contributed by atoms with Crippen LogP contribution in [0.25, 0.3) is 11.8 Å². The van der Waals surface area contributed by atoms with Gasteiger partial charge in [0.2, 0.25) is 0 Å². The van der Waals surface area contributed by atoms with Crippen molar-refractivity contribution in [1.82, 2.24) is 0 Å². The standard InChI is InChI=1S/C19H15BrClNO2/c1-22(2)17-8-3-12(10-16(17)20)9-14-11-18(24-19(14)23)13-4-6-15(21)7-5-13/h3-11H,1-2H3/b14-9+. The number of carbonyl (C=O) groups is 1. The second-order valence-corrected chi connectivity index (χ2v) is 6.90. The maximum absolute atomic E-state index is 12.1. The molecule has 2 aromatic rings. The first-order chi connectivity index (χ1) is 11.4. The number of anilines is 1. The summed E-state index contributed by atoms with van der Waals surface area (Å²) in [6.07, 6.45) is 3.56. The van der Waals surface area contributed by atoms with E-state index in [1.807, 2.05) is 55.4 Å². The Kier molecular flexibility index (Phi) is 4.78. The fourth-order valence-electron chi connectivity index (χ4n) is 2.40. The first-order valence-electron chi connectivity index (χ1n) is 7.32. The fraction of sp³-hybridized carbons (Fsp3) is 0.105. The molecule has 1 aliphatic rings. The molecule has 5 heteroatoms. The summed E-state index contributed by atoms with van der Waals surface area (Å²) in [4.78, 5) is 14.1. The van der Waals surface area contributed by atoms with Gasteiger partial charge in [0, 0.05) is 29.2 Å². The molecule has 2 aromatic carbocycles. The number of hydrogen-bond acceptors (Lipinski definition) is 3. The van der Waals surface area contributed by atoms with Crippen molar-refractivity contribution in [1.29, 1.82) is 0 Å². The van der Waals surface area contributed by atoms with E-state index in [1.54, 1.807) is 18.2 Å². The van der Waals surface area contributed by atoms with Gasteiger partial charge >= 0.3 is 5.97 Å². The van der Waals surface area contributed by atoms with Crippen molar-refractivity contribution in [2.75, 3.05) is 19.0 Å². The van der Waals surface area contributed by atoms with Crippen LogP contribution in [0.5, 0.6) is 0 Å². The monoisotopic (exact) mass is 403 g/mol. The molecule has 24 heavy (non-hydrogen) atoms. The van der Waals surface area contributed by atoms with E-state index in [2.05, 4.69) is 15.9 Å². The zero-order valence-electron chi connectivity index (χ0n) is 13.2. The first kappa shape index (κ1) is 16.8. The fourth-order valence-corrected chi connectivity index (χ4v) is 3.28. The molecule has 122 valence electrons. The van der Waals surface area contributed by atoms with Crippen LogP contribution in [0.4, 0.5) is 5.69 Å². The smallest absolute Gasteiger partial charge is 0.343 e. The molecule has 0 aliphatic carbocycles. The van der Waals surface area contributed by atoms with Crippen LogP contribution in [0.15, 0.2) is 58.6 Å². The molecule has 0 N–H and O–H groups in total. The minimum absolute atomic E-state index is 0.354. The normalized spacial score (nSPS) is 15.4. The summed E-state index contributed by atoms with van der Waals surface area (Å²) >= 11 is 9.44. The minimum atomic E-state index is -0.354. The Labute approximate surface area is 154 Å². The summed E-state index contributed by atoms with van der Waals surface area (Å²) in [5.41, 5.74) is 3.33. The van der Waals surface area contributed by atoms with Gasteiger partial charge in [-0.05, 0) is 70.0 Å². The van der Waals surface area contributed by atoms with E-state index in [0.717, 1.165) is 21.3 Å². The lowest BCUT2D eigenvalue weighted by atomic mass is 10.1. The van der Waals surface area contributed by atoms with Crippen LogP contribution in [0.3, 0.4) is 0 Å². The predicted octanol–water partition coefficient (Wildman–Crippen LogP) is 5.15. The van der Waals surface area contributed by atoms with Gasteiger partial charge in [-0.1, -0.05) is 17.7 Å². The molecular formula is C19H15BrClNO2. The molecule has 0 spiro atoms. The molecule has 0 radical (unpaired) electrons. The first-order valence-corrected chi connectivity index (χ1v) is 8.49. The Morgan fingerprint density at radius 2 is 1.83 bits per heavy atom. The number of carbonyl (C=O) groups excluding carboxylic acids is 1. The van der Waals surface area contributed by atoms with Crippen LogP contribution in [-0.2, 0) is 9.53 Å². The molecule has 0 unspecified atom stereocenters. The van der Waals surface area contributed by atoms with E-state index >= 15 is 0 Å².